The lowest BCUT2D eigenvalue weighted by atomic mass is 9.87. The van der Waals surface area contributed by atoms with E-state index < -0.39 is 5.92 Å². The van der Waals surface area contributed by atoms with Crippen molar-refractivity contribution < 1.29 is 9.53 Å². The van der Waals surface area contributed by atoms with Gasteiger partial charge in [0.05, 0.1) is 5.92 Å². The fourth-order valence-corrected chi connectivity index (χ4v) is 4.16. The summed E-state index contributed by atoms with van der Waals surface area (Å²) < 4.78 is 6.01. The number of carbonyl (C=O) groups is 1. The Hall–Kier alpha value is -3.27. The Labute approximate surface area is 164 Å². The van der Waals surface area contributed by atoms with Crippen molar-refractivity contribution in [3.8, 4) is 11.5 Å². The van der Waals surface area contributed by atoms with Crippen molar-refractivity contribution >= 4 is 17.3 Å². The molecule has 0 unspecified atom stereocenters. The smallest absolute Gasteiger partial charge is 0.236 e. The zero-order valence-electron chi connectivity index (χ0n) is 15.6. The number of benzene rings is 3. The third-order valence-electron chi connectivity index (χ3n) is 5.53. The molecule has 0 atom stereocenters. The Balaban J connectivity index is 1.47. The zero-order valence-corrected chi connectivity index (χ0v) is 15.6. The second-order valence-corrected chi connectivity index (χ2v) is 7.34. The Morgan fingerprint density at radius 3 is 2.18 bits per heavy atom. The number of hydrogen-bond donors (Lipinski definition) is 1. The van der Waals surface area contributed by atoms with Crippen molar-refractivity contribution in [1.82, 2.24) is 0 Å². The van der Waals surface area contributed by atoms with Crippen molar-refractivity contribution in [3.05, 3.63) is 83.9 Å². The number of rotatable bonds is 3. The van der Waals surface area contributed by atoms with Gasteiger partial charge in [0.1, 0.15) is 11.5 Å². The van der Waals surface area contributed by atoms with Gasteiger partial charge in [-0.25, -0.2) is 0 Å². The van der Waals surface area contributed by atoms with E-state index in [-0.39, 0.29) is 5.91 Å². The molecule has 140 valence electrons. The van der Waals surface area contributed by atoms with Crippen molar-refractivity contribution in [3.63, 3.8) is 0 Å². The maximum Gasteiger partial charge on any atom is 0.236 e. The molecule has 0 aromatic heterocycles. The molecule has 1 fully saturated rings. The van der Waals surface area contributed by atoms with E-state index in [1.54, 1.807) is 0 Å². The molecule has 2 aliphatic rings. The summed E-state index contributed by atoms with van der Waals surface area (Å²) in [5.74, 6) is 1.05. The summed E-state index contributed by atoms with van der Waals surface area (Å²) in [6.07, 6.45) is 2.46. The van der Waals surface area contributed by atoms with Crippen molar-refractivity contribution in [2.24, 2.45) is 0 Å². The Morgan fingerprint density at radius 1 is 0.857 bits per heavy atom. The van der Waals surface area contributed by atoms with Gasteiger partial charge >= 0.3 is 0 Å². The van der Waals surface area contributed by atoms with Gasteiger partial charge < -0.3 is 15.0 Å². The average Bonchev–Trinajstić information content (AvgIpc) is 3.27. The first-order chi connectivity index (χ1) is 13.8. The van der Waals surface area contributed by atoms with Crippen LogP contribution in [0.25, 0.3) is 0 Å². The first-order valence-corrected chi connectivity index (χ1v) is 9.81. The molecule has 3 aromatic carbocycles. The van der Waals surface area contributed by atoms with Gasteiger partial charge in [-0.1, -0.05) is 42.5 Å². The van der Waals surface area contributed by atoms with Crippen LogP contribution in [0.1, 0.15) is 29.9 Å². The first kappa shape index (κ1) is 16.9. The van der Waals surface area contributed by atoms with Crippen molar-refractivity contribution in [2.75, 3.05) is 23.3 Å². The maximum absolute atomic E-state index is 13.3. The first-order valence-electron chi connectivity index (χ1n) is 9.81. The summed E-state index contributed by atoms with van der Waals surface area (Å²) >= 11 is 0. The second-order valence-electron chi connectivity index (χ2n) is 7.34. The Bertz CT molecular complexity index is 979. The number of ether oxygens (including phenoxy) is 1. The maximum atomic E-state index is 13.3. The Morgan fingerprint density at radius 2 is 1.50 bits per heavy atom. The largest absolute Gasteiger partial charge is 0.457 e. The van der Waals surface area contributed by atoms with E-state index in [1.807, 2.05) is 60.7 Å². The van der Waals surface area contributed by atoms with E-state index in [1.165, 1.54) is 18.5 Å². The number of carbonyl (C=O) groups excluding carboxylic acids is 1. The van der Waals surface area contributed by atoms with Gasteiger partial charge in [-0.05, 0) is 43.2 Å². The molecule has 0 saturated carbocycles. The summed E-state index contributed by atoms with van der Waals surface area (Å²) in [5, 5.41) is 3.14. The summed E-state index contributed by atoms with van der Waals surface area (Å²) in [7, 11) is 0. The molecule has 1 amide bonds. The van der Waals surface area contributed by atoms with Gasteiger partial charge in [-0.3, -0.25) is 4.79 Å². The summed E-state index contributed by atoms with van der Waals surface area (Å²) in [6.45, 7) is 2.16. The topological polar surface area (TPSA) is 41.6 Å². The minimum absolute atomic E-state index is 0.0400. The highest BCUT2D eigenvalue weighted by Crippen LogP contribution is 2.44. The number of anilines is 2. The highest BCUT2D eigenvalue weighted by molar-refractivity contribution is 5.99. The van der Waals surface area contributed by atoms with Gasteiger partial charge in [0, 0.05) is 35.6 Å². The second kappa shape index (κ2) is 7.04. The lowest BCUT2D eigenvalue weighted by molar-refractivity contribution is -0.116. The van der Waals surface area contributed by atoms with Crippen LogP contribution in [-0.2, 0) is 4.79 Å². The Kier molecular flexibility index (Phi) is 4.24. The fraction of sp³-hybridized carbons (Fsp3) is 0.208. The predicted molar refractivity (Wildman–Crippen MR) is 111 cm³/mol. The number of hydrogen-bond acceptors (Lipinski definition) is 3. The highest BCUT2D eigenvalue weighted by Gasteiger charge is 2.32. The summed E-state index contributed by atoms with van der Waals surface area (Å²) in [6, 6.07) is 23.7. The van der Waals surface area contributed by atoms with Crippen LogP contribution in [0.15, 0.2) is 72.8 Å². The summed E-state index contributed by atoms with van der Waals surface area (Å²) in [4.78, 5) is 15.7. The van der Waals surface area contributed by atoms with Crippen LogP contribution >= 0.6 is 0 Å². The number of amides is 1. The minimum Gasteiger partial charge on any atom is -0.457 e. The molecule has 28 heavy (non-hydrogen) atoms. The van der Waals surface area contributed by atoms with Crippen LogP contribution in [0.2, 0.25) is 0 Å². The number of fused-ring (bicyclic) bond motifs is 2. The van der Waals surface area contributed by atoms with Gasteiger partial charge in [-0.15, -0.1) is 0 Å². The molecule has 4 heteroatoms. The quantitative estimate of drug-likeness (QED) is 0.692. The molecule has 4 nitrogen and oxygen atoms in total. The molecule has 2 aliphatic heterocycles. The molecule has 2 heterocycles. The van der Waals surface area contributed by atoms with Gasteiger partial charge in [0.15, 0.2) is 0 Å². The normalized spacial score (nSPS) is 15.5. The van der Waals surface area contributed by atoms with Crippen molar-refractivity contribution in [1.29, 1.82) is 0 Å². The zero-order chi connectivity index (χ0) is 18.9. The monoisotopic (exact) mass is 370 g/mol. The van der Waals surface area contributed by atoms with Gasteiger partial charge in [-0.2, -0.15) is 0 Å². The van der Waals surface area contributed by atoms with E-state index in [9.17, 15) is 4.79 Å². The predicted octanol–water partition coefficient (Wildman–Crippen LogP) is 5.16. The van der Waals surface area contributed by atoms with Crippen LogP contribution in [0.3, 0.4) is 0 Å². The SMILES string of the molecule is O=C(Nc1cccc(N2CCCC2)c1)C1c2ccccc2Oc2ccccc21. The van der Waals surface area contributed by atoms with E-state index in [2.05, 4.69) is 22.3 Å². The number of nitrogens with one attached hydrogen (secondary N) is 1. The molecule has 0 bridgehead atoms. The molecule has 1 N–H and O–H groups in total. The molecular weight excluding hydrogens is 348 g/mol. The number of para-hydroxylation sites is 2. The van der Waals surface area contributed by atoms with E-state index in [4.69, 9.17) is 4.74 Å². The van der Waals surface area contributed by atoms with Crippen LogP contribution in [0, 0.1) is 0 Å². The average molecular weight is 370 g/mol. The fourth-order valence-electron chi connectivity index (χ4n) is 4.16. The number of nitrogens with zero attached hydrogens (tertiary/aromatic N) is 1. The van der Waals surface area contributed by atoms with Crippen LogP contribution in [-0.4, -0.2) is 19.0 Å². The molecule has 3 aromatic rings. The van der Waals surface area contributed by atoms with E-state index >= 15 is 0 Å². The molecule has 1 saturated heterocycles. The standard InChI is InChI=1S/C24H22N2O2/c27-24(25-17-8-7-9-18(16-17)26-14-5-6-15-26)23-19-10-1-3-12-21(19)28-22-13-4-2-11-20(22)23/h1-4,7-13,16,23H,5-6,14-15H2,(H,25,27). The lowest BCUT2D eigenvalue weighted by Crippen LogP contribution is -2.25. The van der Waals surface area contributed by atoms with Gasteiger partial charge in [0.25, 0.3) is 0 Å². The molecule has 5 rings (SSSR count). The molecule has 0 spiro atoms. The molecule has 0 radical (unpaired) electrons. The molecule has 0 aliphatic carbocycles. The van der Waals surface area contributed by atoms with Crippen LogP contribution in [0.4, 0.5) is 11.4 Å². The van der Waals surface area contributed by atoms with E-state index in [0.717, 1.165) is 41.4 Å². The van der Waals surface area contributed by atoms with Crippen LogP contribution in [0.5, 0.6) is 11.5 Å². The molecular formula is C24H22N2O2. The van der Waals surface area contributed by atoms with Gasteiger partial charge in [0.2, 0.25) is 5.91 Å². The van der Waals surface area contributed by atoms with E-state index in [0.29, 0.717) is 0 Å². The van der Waals surface area contributed by atoms with Crippen molar-refractivity contribution in [2.45, 2.75) is 18.8 Å². The highest BCUT2D eigenvalue weighted by atomic mass is 16.5. The minimum atomic E-state index is -0.392. The lowest BCUT2D eigenvalue weighted by Gasteiger charge is -2.27. The van der Waals surface area contributed by atoms with Crippen LogP contribution < -0.4 is 15.0 Å². The third kappa shape index (κ3) is 3.01. The summed E-state index contributed by atoms with van der Waals surface area (Å²) in [5.41, 5.74) is 3.79. The third-order valence-corrected chi connectivity index (χ3v) is 5.53.